The van der Waals surface area contributed by atoms with Crippen molar-refractivity contribution in [2.24, 2.45) is 11.8 Å². The number of carbonyl (C=O) groups is 2. The summed E-state index contributed by atoms with van der Waals surface area (Å²) in [7, 11) is 2.14. The maximum absolute atomic E-state index is 12.7. The van der Waals surface area contributed by atoms with Gasteiger partial charge in [0.15, 0.2) is 0 Å². The van der Waals surface area contributed by atoms with E-state index in [0.717, 1.165) is 38.2 Å². The molecular formula is C24H30N4O2. The lowest BCUT2D eigenvalue weighted by Crippen LogP contribution is -2.45. The van der Waals surface area contributed by atoms with E-state index in [9.17, 15) is 9.59 Å². The van der Waals surface area contributed by atoms with Crippen LogP contribution in [-0.2, 0) is 11.3 Å². The molecule has 1 heterocycles. The molecule has 1 saturated heterocycles. The lowest BCUT2D eigenvalue weighted by atomic mass is 10.1. The van der Waals surface area contributed by atoms with E-state index < -0.39 is 0 Å². The van der Waals surface area contributed by atoms with Crippen LogP contribution in [-0.4, -0.2) is 49.9 Å². The molecule has 1 aliphatic heterocycles. The zero-order chi connectivity index (χ0) is 21.1. The topological polar surface area (TPSA) is 64.7 Å². The quantitative estimate of drug-likeness (QED) is 0.774. The predicted molar refractivity (Wildman–Crippen MR) is 120 cm³/mol. The lowest BCUT2D eigenvalue weighted by molar-refractivity contribution is -0.117. The van der Waals surface area contributed by atoms with Crippen LogP contribution in [0.1, 0.15) is 29.3 Å². The summed E-state index contributed by atoms with van der Waals surface area (Å²) in [6.45, 7) is 6.61. The highest BCUT2D eigenvalue weighted by Gasteiger charge is 2.39. The Kier molecular flexibility index (Phi) is 6.04. The van der Waals surface area contributed by atoms with Gasteiger partial charge in [-0.3, -0.25) is 9.59 Å². The van der Waals surface area contributed by atoms with Crippen molar-refractivity contribution in [3.63, 3.8) is 0 Å². The molecule has 6 heteroatoms. The molecule has 4 rings (SSSR count). The van der Waals surface area contributed by atoms with E-state index in [2.05, 4.69) is 46.5 Å². The molecule has 2 amide bonds. The van der Waals surface area contributed by atoms with E-state index in [1.54, 1.807) is 18.2 Å². The summed E-state index contributed by atoms with van der Waals surface area (Å²) in [4.78, 5) is 29.6. The van der Waals surface area contributed by atoms with Crippen LogP contribution < -0.4 is 15.5 Å². The molecule has 0 aromatic heterocycles. The maximum Gasteiger partial charge on any atom is 0.251 e. The number of hydrogen-bond donors (Lipinski definition) is 2. The second-order valence-electron chi connectivity index (χ2n) is 8.49. The summed E-state index contributed by atoms with van der Waals surface area (Å²) in [6.07, 6.45) is 0.943. The largest absolute Gasteiger partial charge is 0.369 e. The molecule has 0 spiro atoms. The SMILES string of the molecule is CC1CC1C(=O)Nc1cccc(C(=O)NCc2ccccc2N2CCN(C)CC2)c1. The Hall–Kier alpha value is -2.86. The number of anilines is 2. The monoisotopic (exact) mass is 406 g/mol. The fraction of sp³-hybridized carbons (Fsp3) is 0.417. The summed E-state index contributed by atoms with van der Waals surface area (Å²) in [5.74, 6) is 0.464. The number of carbonyl (C=O) groups excluding carboxylic acids is 2. The molecule has 2 N–H and O–H groups in total. The molecule has 2 atom stereocenters. The Balaban J connectivity index is 1.38. The second-order valence-corrected chi connectivity index (χ2v) is 8.49. The third-order valence-corrected chi connectivity index (χ3v) is 6.11. The summed E-state index contributed by atoms with van der Waals surface area (Å²) >= 11 is 0. The molecular weight excluding hydrogens is 376 g/mol. The molecule has 158 valence electrons. The van der Waals surface area contributed by atoms with Gasteiger partial charge in [-0.25, -0.2) is 0 Å². The smallest absolute Gasteiger partial charge is 0.251 e. The summed E-state index contributed by atoms with van der Waals surface area (Å²) < 4.78 is 0. The molecule has 0 radical (unpaired) electrons. The molecule has 2 unspecified atom stereocenters. The predicted octanol–water partition coefficient (Wildman–Crippen LogP) is 2.96. The molecule has 6 nitrogen and oxygen atoms in total. The number of para-hydroxylation sites is 1. The fourth-order valence-corrected chi connectivity index (χ4v) is 3.95. The lowest BCUT2D eigenvalue weighted by Gasteiger charge is -2.35. The van der Waals surface area contributed by atoms with Crippen LogP contribution in [0.25, 0.3) is 0 Å². The fourth-order valence-electron chi connectivity index (χ4n) is 3.95. The van der Waals surface area contributed by atoms with Gasteiger partial charge in [0.2, 0.25) is 5.91 Å². The van der Waals surface area contributed by atoms with Crippen LogP contribution in [0.3, 0.4) is 0 Å². The van der Waals surface area contributed by atoms with Gasteiger partial charge in [-0.2, -0.15) is 0 Å². The Labute approximate surface area is 178 Å². The minimum atomic E-state index is -0.140. The van der Waals surface area contributed by atoms with Crippen molar-refractivity contribution < 1.29 is 9.59 Å². The Bertz CT molecular complexity index is 921. The highest BCUT2D eigenvalue weighted by atomic mass is 16.2. The van der Waals surface area contributed by atoms with E-state index in [1.165, 1.54) is 5.69 Å². The molecule has 30 heavy (non-hydrogen) atoms. The van der Waals surface area contributed by atoms with Crippen molar-refractivity contribution in [1.82, 2.24) is 10.2 Å². The molecule has 2 aromatic carbocycles. The van der Waals surface area contributed by atoms with Crippen molar-refractivity contribution in [3.05, 3.63) is 59.7 Å². The van der Waals surface area contributed by atoms with Crippen molar-refractivity contribution >= 4 is 23.2 Å². The third-order valence-electron chi connectivity index (χ3n) is 6.11. The summed E-state index contributed by atoms with van der Waals surface area (Å²) in [5.41, 5.74) is 3.52. The molecule has 1 saturated carbocycles. The summed E-state index contributed by atoms with van der Waals surface area (Å²) in [6, 6.07) is 15.4. The number of hydrogen-bond acceptors (Lipinski definition) is 4. The number of nitrogens with one attached hydrogen (secondary N) is 2. The first-order valence-electron chi connectivity index (χ1n) is 10.7. The number of likely N-dealkylation sites (N-methyl/N-ethyl adjacent to an activating group) is 1. The van der Waals surface area contributed by atoms with Gasteiger partial charge < -0.3 is 20.4 Å². The molecule has 2 aromatic rings. The number of rotatable bonds is 6. The number of piperazine rings is 1. The van der Waals surface area contributed by atoms with Crippen molar-refractivity contribution in [2.45, 2.75) is 19.9 Å². The number of benzene rings is 2. The first-order chi connectivity index (χ1) is 14.5. The molecule has 2 fully saturated rings. The van der Waals surface area contributed by atoms with Crippen LogP contribution >= 0.6 is 0 Å². The van der Waals surface area contributed by atoms with Crippen molar-refractivity contribution in [3.8, 4) is 0 Å². The highest BCUT2D eigenvalue weighted by Crippen LogP contribution is 2.38. The minimum absolute atomic E-state index is 0.0427. The Morgan fingerprint density at radius 3 is 2.50 bits per heavy atom. The first kappa shape index (κ1) is 20.4. The van der Waals surface area contributed by atoms with E-state index in [4.69, 9.17) is 0 Å². The van der Waals surface area contributed by atoms with Crippen LogP contribution in [0.5, 0.6) is 0 Å². The zero-order valence-corrected chi connectivity index (χ0v) is 17.7. The van der Waals surface area contributed by atoms with E-state index in [1.807, 2.05) is 18.2 Å². The summed E-state index contributed by atoms with van der Waals surface area (Å²) in [5, 5.41) is 5.97. The van der Waals surface area contributed by atoms with Crippen molar-refractivity contribution in [1.29, 1.82) is 0 Å². The van der Waals surface area contributed by atoms with Crippen LogP contribution in [0.2, 0.25) is 0 Å². The van der Waals surface area contributed by atoms with E-state index in [0.29, 0.717) is 23.7 Å². The molecule has 2 aliphatic rings. The Morgan fingerprint density at radius 2 is 1.77 bits per heavy atom. The zero-order valence-electron chi connectivity index (χ0n) is 17.7. The van der Waals surface area contributed by atoms with E-state index in [-0.39, 0.29) is 17.7 Å². The third kappa shape index (κ3) is 4.82. The van der Waals surface area contributed by atoms with Crippen LogP contribution in [0, 0.1) is 11.8 Å². The highest BCUT2D eigenvalue weighted by molar-refractivity contribution is 5.98. The maximum atomic E-state index is 12.7. The van der Waals surface area contributed by atoms with Gasteiger partial charge in [0.05, 0.1) is 0 Å². The van der Waals surface area contributed by atoms with Crippen molar-refractivity contribution in [2.75, 3.05) is 43.4 Å². The second kappa shape index (κ2) is 8.88. The average molecular weight is 407 g/mol. The van der Waals surface area contributed by atoms with Gasteiger partial charge in [-0.1, -0.05) is 31.2 Å². The van der Waals surface area contributed by atoms with Gasteiger partial charge in [0, 0.05) is 55.6 Å². The normalized spacial score (nSPS) is 21.2. The average Bonchev–Trinajstić information content (AvgIpc) is 3.50. The molecule has 1 aliphatic carbocycles. The van der Waals surface area contributed by atoms with Crippen LogP contribution in [0.4, 0.5) is 11.4 Å². The number of nitrogens with zero attached hydrogens (tertiary/aromatic N) is 2. The van der Waals surface area contributed by atoms with E-state index >= 15 is 0 Å². The Morgan fingerprint density at radius 1 is 1.03 bits per heavy atom. The van der Waals surface area contributed by atoms with Gasteiger partial charge >= 0.3 is 0 Å². The van der Waals surface area contributed by atoms with Gasteiger partial charge in [0.1, 0.15) is 0 Å². The van der Waals surface area contributed by atoms with Gasteiger partial charge in [0.25, 0.3) is 5.91 Å². The van der Waals surface area contributed by atoms with Gasteiger partial charge in [-0.05, 0) is 49.2 Å². The standard InChI is InChI=1S/C24H30N4O2/c1-17-14-21(17)24(30)26-20-8-5-7-18(15-20)23(29)25-16-19-6-3-4-9-22(19)28-12-10-27(2)11-13-28/h3-9,15,17,21H,10-14,16H2,1-2H3,(H,25,29)(H,26,30). The molecule has 0 bridgehead atoms. The minimum Gasteiger partial charge on any atom is -0.369 e. The van der Waals surface area contributed by atoms with Gasteiger partial charge in [-0.15, -0.1) is 0 Å². The van der Waals surface area contributed by atoms with Crippen LogP contribution in [0.15, 0.2) is 48.5 Å². The first-order valence-corrected chi connectivity index (χ1v) is 10.7. The number of amides is 2.